The summed E-state index contributed by atoms with van der Waals surface area (Å²) in [5, 5.41) is 5.11. The molecule has 1 fully saturated rings. The molecule has 2 amide bonds. The van der Waals surface area contributed by atoms with Crippen LogP contribution in [0.4, 0.5) is 0 Å². The van der Waals surface area contributed by atoms with E-state index in [1.807, 2.05) is 13.8 Å². The van der Waals surface area contributed by atoms with E-state index < -0.39 is 21.8 Å². The zero-order valence-electron chi connectivity index (χ0n) is 15.0. The Kier molecular flexibility index (Phi) is 7.13. The van der Waals surface area contributed by atoms with Crippen LogP contribution in [0.25, 0.3) is 0 Å². The molecule has 0 saturated carbocycles. The van der Waals surface area contributed by atoms with E-state index in [0.717, 1.165) is 6.42 Å². The zero-order valence-corrected chi connectivity index (χ0v) is 15.8. The highest BCUT2D eigenvalue weighted by Crippen LogP contribution is 2.17. The fourth-order valence-electron chi connectivity index (χ4n) is 2.37. The van der Waals surface area contributed by atoms with Crippen molar-refractivity contribution in [3.8, 4) is 0 Å². The number of hydrogen-bond acceptors (Lipinski definition) is 5. The Bertz CT molecular complexity index is 727. The van der Waals surface area contributed by atoms with Crippen molar-refractivity contribution in [1.82, 2.24) is 14.9 Å². The van der Waals surface area contributed by atoms with Gasteiger partial charge in [0.25, 0.3) is 0 Å². The highest BCUT2D eigenvalue weighted by atomic mass is 32.2. The molecule has 9 heteroatoms. The molecule has 2 N–H and O–H groups in total. The summed E-state index contributed by atoms with van der Waals surface area (Å²) in [6, 6.07) is 6.19. The van der Waals surface area contributed by atoms with Crippen molar-refractivity contribution >= 4 is 21.8 Å². The largest absolute Gasteiger partial charge is 0.379 e. The zero-order chi connectivity index (χ0) is 19.2. The minimum Gasteiger partial charge on any atom is -0.379 e. The van der Waals surface area contributed by atoms with Gasteiger partial charge in [-0.1, -0.05) is 19.1 Å². The fourth-order valence-corrected chi connectivity index (χ4v) is 3.78. The lowest BCUT2D eigenvalue weighted by molar-refractivity contribution is -0.139. The topological polar surface area (TPSA) is 105 Å². The summed E-state index contributed by atoms with van der Waals surface area (Å²) in [5.41, 5.74) is 0.704. The second kappa shape index (κ2) is 9.11. The van der Waals surface area contributed by atoms with Crippen molar-refractivity contribution in [1.29, 1.82) is 0 Å². The van der Waals surface area contributed by atoms with E-state index >= 15 is 0 Å². The number of benzene rings is 1. The van der Waals surface area contributed by atoms with Gasteiger partial charge >= 0.3 is 11.8 Å². The number of carbonyl (C=O) groups is 2. The van der Waals surface area contributed by atoms with Gasteiger partial charge in [-0.25, -0.2) is 8.42 Å². The highest BCUT2D eigenvalue weighted by molar-refractivity contribution is 7.89. The van der Waals surface area contributed by atoms with Crippen LogP contribution in [0.3, 0.4) is 0 Å². The second-order valence-corrected chi connectivity index (χ2v) is 8.06. The average Bonchev–Trinajstić information content (AvgIpc) is 2.66. The molecule has 8 nitrogen and oxygen atoms in total. The van der Waals surface area contributed by atoms with Crippen LogP contribution in [0.2, 0.25) is 0 Å². The SMILES string of the molecule is CCC(C)NC(=O)C(=O)NCc1ccc(S(=O)(=O)N2CCOCC2)cc1. The summed E-state index contributed by atoms with van der Waals surface area (Å²) in [4.78, 5) is 23.6. The third-order valence-corrected chi connectivity index (χ3v) is 6.09. The molecule has 1 aliphatic rings. The minimum absolute atomic E-state index is 0.0714. The first-order chi connectivity index (χ1) is 12.3. The molecule has 1 aliphatic heterocycles. The molecule has 0 bridgehead atoms. The first-order valence-electron chi connectivity index (χ1n) is 8.60. The lowest BCUT2D eigenvalue weighted by atomic mass is 10.2. The summed E-state index contributed by atoms with van der Waals surface area (Å²) < 4.78 is 31.6. The first-order valence-corrected chi connectivity index (χ1v) is 10.0. The molecule has 144 valence electrons. The molecule has 1 unspecified atom stereocenters. The minimum atomic E-state index is -3.54. The van der Waals surface area contributed by atoms with Gasteiger partial charge in [-0.2, -0.15) is 4.31 Å². The molecule has 1 saturated heterocycles. The second-order valence-electron chi connectivity index (χ2n) is 6.13. The normalized spacial score (nSPS) is 16.7. The predicted octanol–water partition coefficient (Wildman–Crippen LogP) is 0.238. The van der Waals surface area contributed by atoms with Crippen LogP contribution in [0.1, 0.15) is 25.8 Å². The van der Waals surface area contributed by atoms with E-state index in [4.69, 9.17) is 4.74 Å². The van der Waals surface area contributed by atoms with E-state index in [2.05, 4.69) is 10.6 Å². The van der Waals surface area contributed by atoms with E-state index in [0.29, 0.717) is 31.9 Å². The summed E-state index contributed by atoms with van der Waals surface area (Å²) in [6.07, 6.45) is 0.734. The lowest BCUT2D eigenvalue weighted by Crippen LogP contribution is -2.43. The van der Waals surface area contributed by atoms with Crippen molar-refractivity contribution in [2.24, 2.45) is 0 Å². The maximum Gasteiger partial charge on any atom is 0.309 e. The molecule has 0 aliphatic carbocycles. The van der Waals surface area contributed by atoms with Gasteiger partial charge in [0, 0.05) is 25.7 Å². The Morgan fingerprint density at radius 2 is 1.77 bits per heavy atom. The van der Waals surface area contributed by atoms with Gasteiger partial charge in [-0.15, -0.1) is 0 Å². The Balaban J connectivity index is 1.93. The number of sulfonamides is 1. The van der Waals surface area contributed by atoms with Gasteiger partial charge in [0.05, 0.1) is 18.1 Å². The van der Waals surface area contributed by atoms with Crippen LogP contribution in [0.5, 0.6) is 0 Å². The fraction of sp³-hybridized carbons (Fsp3) is 0.529. The quantitative estimate of drug-likeness (QED) is 0.685. The first kappa shape index (κ1) is 20.3. The van der Waals surface area contributed by atoms with E-state index in [1.54, 1.807) is 12.1 Å². The van der Waals surface area contributed by atoms with E-state index in [1.165, 1.54) is 16.4 Å². The van der Waals surface area contributed by atoms with Crippen LogP contribution in [-0.2, 0) is 30.9 Å². The van der Waals surface area contributed by atoms with Crippen LogP contribution in [0, 0.1) is 0 Å². The number of amides is 2. The van der Waals surface area contributed by atoms with E-state index in [9.17, 15) is 18.0 Å². The molecule has 2 rings (SSSR count). The predicted molar refractivity (Wildman–Crippen MR) is 95.8 cm³/mol. The average molecular weight is 383 g/mol. The lowest BCUT2D eigenvalue weighted by Gasteiger charge is -2.26. The van der Waals surface area contributed by atoms with Gasteiger partial charge in [0.15, 0.2) is 0 Å². The van der Waals surface area contributed by atoms with Crippen LogP contribution in [0.15, 0.2) is 29.2 Å². The summed E-state index contributed by atoms with van der Waals surface area (Å²) in [7, 11) is -3.54. The number of nitrogens with one attached hydrogen (secondary N) is 2. The third-order valence-electron chi connectivity index (χ3n) is 4.18. The van der Waals surface area contributed by atoms with Crippen LogP contribution >= 0.6 is 0 Å². The highest BCUT2D eigenvalue weighted by Gasteiger charge is 2.26. The Morgan fingerprint density at radius 3 is 2.35 bits per heavy atom. The smallest absolute Gasteiger partial charge is 0.309 e. The Hall–Kier alpha value is -1.97. The number of hydrogen-bond donors (Lipinski definition) is 2. The van der Waals surface area contributed by atoms with Gasteiger partial charge in [0.1, 0.15) is 0 Å². The third kappa shape index (κ3) is 5.26. The maximum atomic E-state index is 12.5. The van der Waals surface area contributed by atoms with Gasteiger partial charge in [0.2, 0.25) is 10.0 Å². The van der Waals surface area contributed by atoms with E-state index in [-0.39, 0.29) is 17.5 Å². The van der Waals surface area contributed by atoms with Crippen molar-refractivity contribution in [3.63, 3.8) is 0 Å². The molecule has 1 heterocycles. The van der Waals surface area contributed by atoms with Crippen molar-refractivity contribution in [2.45, 2.75) is 37.8 Å². The number of carbonyl (C=O) groups excluding carboxylic acids is 2. The number of ether oxygens (including phenoxy) is 1. The molecule has 0 aromatic heterocycles. The molecular formula is C17H25N3O5S. The number of rotatable bonds is 6. The molecule has 0 radical (unpaired) electrons. The van der Waals surface area contributed by atoms with Crippen LogP contribution in [-0.4, -0.2) is 56.9 Å². The van der Waals surface area contributed by atoms with Gasteiger partial charge < -0.3 is 15.4 Å². The summed E-state index contributed by atoms with van der Waals surface area (Å²) >= 11 is 0. The number of nitrogens with zero attached hydrogens (tertiary/aromatic N) is 1. The standard InChI is InChI=1S/C17H25N3O5S/c1-3-13(2)19-17(22)16(21)18-12-14-4-6-15(7-5-14)26(23,24)20-8-10-25-11-9-20/h4-7,13H,3,8-12H2,1-2H3,(H,18,21)(H,19,22). The monoisotopic (exact) mass is 383 g/mol. The molecule has 26 heavy (non-hydrogen) atoms. The maximum absolute atomic E-state index is 12.5. The van der Waals surface area contributed by atoms with Crippen molar-refractivity contribution in [2.75, 3.05) is 26.3 Å². The van der Waals surface area contributed by atoms with Crippen LogP contribution < -0.4 is 10.6 Å². The molecular weight excluding hydrogens is 358 g/mol. The molecule has 1 aromatic carbocycles. The van der Waals surface area contributed by atoms with Gasteiger partial charge in [-0.05, 0) is 31.0 Å². The summed E-state index contributed by atoms with van der Waals surface area (Å²) in [5.74, 6) is -1.39. The molecule has 1 atom stereocenters. The van der Waals surface area contributed by atoms with Gasteiger partial charge in [-0.3, -0.25) is 9.59 Å². The van der Waals surface area contributed by atoms with Crippen molar-refractivity contribution in [3.05, 3.63) is 29.8 Å². The van der Waals surface area contributed by atoms with Crippen molar-refractivity contribution < 1.29 is 22.7 Å². The molecule has 0 spiro atoms. The Labute approximate surface area is 153 Å². The Morgan fingerprint density at radius 1 is 1.15 bits per heavy atom. The summed E-state index contributed by atoms with van der Waals surface area (Å²) in [6.45, 7) is 5.33. The molecule has 1 aromatic rings. The number of morpholine rings is 1.